The van der Waals surface area contributed by atoms with Crippen LogP contribution in [-0.4, -0.2) is 39.2 Å². The van der Waals surface area contributed by atoms with Gasteiger partial charge < -0.3 is 15.5 Å². The number of carboxylic acids is 1. The Morgan fingerprint density at radius 3 is 2.52 bits per heavy atom. The summed E-state index contributed by atoms with van der Waals surface area (Å²) in [6, 6.07) is 2.81. The maximum Gasteiger partial charge on any atom is 0.338 e. The number of carbonyl (C=O) groups is 2. The number of aliphatic hydroxyl groups is 1. The number of nitrogens with zero attached hydrogens (tertiary/aromatic N) is 1. The fourth-order valence-corrected chi connectivity index (χ4v) is 2.65. The normalized spacial score (nSPS) is 17.8. The smallest absolute Gasteiger partial charge is 0.338 e. The first-order chi connectivity index (χ1) is 10.0. The molecular formula is C15H20N2O4. The third kappa shape index (κ3) is 4.01. The first-order valence-corrected chi connectivity index (χ1v) is 7.21. The topological polar surface area (TPSA) is 99.5 Å². The molecular weight excluding hydrogens is 272 g/mol. The lowest BCUT2D eigenvalue weighted by Gasteiger charge is -2.26. The Morgan fingerprint density at radius 1 is 1.24 bits per heavy atom. The average Bonchev–Trinajstić information content (AvgIpc) is 2.70. The summed E-state index contributed by atoms with van der Waals surface area (Å²) in [5.41, 5.74) is -1.16. The first-order valence-electron chi connectivity index (χ1n) is 7.21. The van der Waals surface area contributed by atoms with Crippen LogP contribution in [-0.2, 0) is 0 Å². The molecule has 1 fully saturated rings. The molecule has 1 aliphatic carbocycles. The van der Waals surface area contributed by atoms with Crippen LogP contribution in [0.2, 0.25) is 0 Å². The van der Waals surface area contributed by atoms with Crippen LogP contribution in [0, 0.1) is 0 Å². The maximum atomic E-state index is 12.1. The number of amides is 1. The van der Waals surface area contributed by atoms with Crippen LogP contribution in [0.15, 0.2) is 18.3 Å². The standard InChI is InChI=1S/C15H20N2O4/c18-13(12-11(14(19)20)6-5-9-16-12)17-10-15(21)7-3-1-2-4-8-15/h5-6,9,21H,1-4,7-8,10H2,(H,17,18)(H,19,20). The van der Waals surface area contributed by atoms with Crippen molar-refractivity contribution in [3.63, 3.8) is 0 Å². The summed E-state index contributed by atoms with van der Waals surface area (Å²) in [5.74, 6) is -1.76. The summed E-state index contributed by atoms with van der Waals surface area (Å²) in [5, 5.41) is 22.1. The van der Waals surface area contributed by atoms with E-state index >= 15 is 0 Å². The predicted molar refractivity (Wildman–Crippen MR) is 76.2 cm³/mol. The molecule has 6 nitrogen and oxygen atoms in total. The molecule has 21 heavy (non-hydrogen) atoms. The molecule has 0 spiro atoms. The second kappa shape index (κ2) is 6.67. The summed E-state index contributed by atoms with van der Waals surface area (Å²) in [6.07, 6.45) is 6.76. The highest BCUT2D eigenvalue weighted by molar-refractivity contribution is 6.03. The van der Waals surface area contributed by atoms with E-state index in [1.165, 1.54) is 18.3 Å². The Kier molecular flexibility index (Phi) is 4.90. The number of pyridine rings is 1. The van der Waals surface area contributed by atoms with Crippen LogP contribution in [0.5, 0.6) is 0 Å². The molecule has 3 N–H and O–H groups in total. The zero-order valence-electron chi connectivity index (χ0n) is 11.8. The van der Waals surface area contributed by atoms with E-state index in [1.54, 1.807) is 0 Å². The van der Waals surface area contributed by atoms with Crippen LogP contribution in [0.25, 0.3) is 0 Å². The minimum Gasteiger partial charge on any atom is -0.478 e. The minimum absolute atomic E-state index is 0.123. The first kappa shape index (κ1) is 15.4. The number of carboxylic acid groups (broad SMARTS) is 1. The molecule has 1 aromatic rings. The van der Waals surface area contributed by atoms with Gasteiger partial charge in [-0.15, -0.1) is 0 Å². The predicted octanol–water partition coefficient (Wildman–Crippen LogP) is 1.59. The molecule has 0 saturated heterocycles. The Labute approximate surface area is 123 Å². The summed E-state index contributed by atoms with van der Waals surface area (Å²) < 4.78 is 0. The number of rotatable bonds is 4. The van der Waals surface area contributed by atoms with E-state index in [4.69, 9.17) is 5.11 Å². The Balaban J connectivity index is 2.03. The van der Waals surface area contributed by atoms with Gasteiger partial charge in [0.1, 0.15) is 5.69 Å². The molecule has 0 aromatic carbocycles. The second-order valence-electron chi connectivity index (χ2n) is 5.53. The summed E-state index contributed by atoms with van der Waals surface area (Å²) in [4.78, 5) is 27.0. The van der Waals surface area contributed by atoms with Crippen LogP contribution < -0.4 is 5.32 Å². The number of aromatic carboxylic acids is 1. The largest absolute Gasteiger partial charge is 0.478 e. The van der Waals surface area contributed by atoms with Crippen molar-refractivity contribution >= 4 is 11.9 Å². The summed E-state index contributed by atoms with van der Waals surface area (Å²) in [7, 11) is 0. The highest BCUT2D eigenvalue weighted by atomic mass is 16.4. The number of aromatic nitrogens is 1. The van der Waals surface area contributed by atoms with Crippen molar-refractivity contribution in [3.8, 4) is 0 Å². The summed E-state index contributed by atoms with van der Waals surface area (Å²) in [6.45, 7) is 0.126. The van der Waals surface area contributed by atoms with Gasteiger partial charge in [-0.25, -0.2) is 4.79 Å². The van der Waals surface area contributed by atoms with Crippen molar-refractivity contribution in [2.24, 2.45) is 0 Å². The Bertz CT molecular complexity index is 522. The van der Waals surface area contributed by atoms with Crippen molar-refractivity contribution in [1.29, 1.82) is 0 Å². The van der Waals surface area contributed by atoms with Crippen molar-refractivity contribution in [2.75, 3.05) is 6.54 Å². The van der Waals surface area contributed by atoms with Gasteiger partial charge >= 0.3 is 5.97 Å². The molecule has 2 rings (SSSR count). The van der Waals surface area contributed by atoms with Gasteiger partial charge in [-0.3, -0.25) is 9.78 Å². The van der Waals surface area contributed by atoms with Crippen molar-refractivity contribution in [2.45, 2.75) is 44.1 Å². The fourth-order valence-electron chi connectivity index (χ4n) is 2.65. The van der Waals surface area contributed by atoms with Crippen molar-refractivity contribution in [1.82, 2.24) is 10.3 Å². The molecule has 0 atom stereocenters. The van der Waals surface area contributed by atoms with Crippen LogP contribution in [0.4, 0.5) is 0 Å². The molecule has 1 saturated carbocycles. The second-order valence-corrected chi connectivity index (χ2v) is 5.53. The van der Waals surface area contributed by atoms with E-state index < -0.39 is 17.5 Å². The number of nitrogens with one attached hydrogen (secondary N) is 1. The number of hydrogen-bond acceptors (Lipinski definition) is 4. The van der Waals surface area contributed by atoms with E-state index in [-0.39, 0.29) is 17.8 Å². The zero-order chi connectivity index (χ0) is 15.3. The van der Waals surface area contributed by atoms with Gasteiger partial charge in [0, 0.05) is 12.7 Å². The van der Waals surface area contributed by atoms with Gasteiger partial charge in [0.15, 0.2) is 0 Å². The lowest BCUT2D eigenvalue weighted by Crippen LogP contribution is -2.43. The Morgan fingerprint density at radius 2 is 1.90 bits per heavy atom. The zero-order valence-corrected chi connectivity index (χ0v) is 11.8. The van der Waals surface area contributed by atoms with E-state index in [2.05, 4.69) is 10.3 Å². The van der Waals surface area contributed by atoms with Gasteiger partial charge in [0.05, 0.1) is 11.2 Å². The molecule has 0 bridgehead atoms. The van der Waals surface area contributed by atoms with Crippen molar-refractivity contribution < 1.29 is 19.8 Å². The van der Waals surface area contributed by atoms with Gasteiger partial charge in [-0.1, -0.05) is 25.7 Å². The average molecular weight is 292 g/mol. The molecule has 6 heteroatoms. The third-order valence-electron chi connectivity index (χ3n) is 3.87. The van der Waals surface area contributed by atoms with E-state index in [0.717, 1.165) is 25.7 Å². The third-order valence-corrected chi connectivity index (χ3v) is 3.87. The quantitative estimate of drug-likeness (QED) is 0.732. The van der Waals surface area contributed by atoms with Crippen LogP contribution in [0.3, 0.4) is 0 Å². The molecule has 1 aliphatic rings. The van der Waals surface area contributed by atoms with Crippen LogP contribution >= 0.6 is 0 Å². The lowest BCUT2D eigenvalue weighted by molar-refractivity contribution is 0.0245. The van der Waals surface area contributed by atoms with Crippen molar-refractivity contribution in [3.05, 3.63) is 29.6 Å². The molecule has 0 aliphatic heterocycles. The molecule has 1 amide bonds. The molecule has 114 valence electrons. The molecule has 0 unspecified atom stereocenters. The molecule has 0 radical (unpaired) electrons. The molecule has 1 heterocycles. The van der Waals surface area contributed by atoms with Gasteiger partial charge in [0.2, 0.25) is 0 Å². The van der Waals surface area contributed by atoms with E-state index in [1.807, 2.05) is 0 Å². The summed E-state index contributed by atoms with van der Waals surface area (Å²) >= 11 is 0. The van der Waals surface area contributed by atoms with Gasteiger partial charge in [-0.05, 0) is 25.0 Å². The maximum absolute atomic E-state index is 12.1. The van der Waals surface area contributed by atoms with Gasteiger partial charge in [0.25, 0.3) is 5.91 Å². The van der Waals surface area contributed by atoms with E-state index in [9.17, 15) is 14.7 Å². The van der Waals surface area contributed by atoms with E-state index in [0.29, 0.717) is 12.8 Å². The highest BCUT2D eigenvalue weighted by Gasteiger charge is 2.29. The fraction of sp³-hybridized carbons (Fsp3) is 0.533. The lowest BCUT2D eigenvalue weighted by atomic mass is 9.94. The van der Waals surface area contributed by atoms with Crippen LogP contribution in [0.1, 0.15) is 59.4 Å². The number of carbonyl (C=O) groups excluding carboxylic acids is 1. The monoisotopic (exact) mass is 292 g/mol. The highest BCUT2D eigenvalue weighted by Crippen LogP contribution is 2.26. The molecule has 1 aromatic heterocycles. The SMILES string of the molecule is O=C(O)c1cccnc1C(=O)NCC1(O)CCCCCC1. The number of hydrogen-bond donors (Lipinski definition) is 3. The van der Waals surface area contributed by atoms with Gasteiger partial charge in [-0.2, -0.15) is 0 Å². The minimum atomic E-state index is -1.19. The Hall–Kier alpha value is -1.95.